The second-order valence-corrected chi connectivity index (χ2v) is 5.79. The van der Waals surface area contributed by atoms with E-state index in [-0.39, 0.29) is 12.0 Å². The van der Waals surface area contributed by atoms with Crippen molar-refractivity contribution in [1.29, 1.82) is 0 Å². The quantitative estimate of drug-likeness (QED) is 0.683. The van der Waals surface area contributed by atoms with Gasteiger partial charge in [0.1, 0.15) is 12.7 Å². The fraction of sp³-hybridized carbons (Fsp3) is 0.312. The fourth-order valence-corrected chi connectivity index (χ4v) is 2.85. The van der Waals surface area contributed by atoms with Crippen molar-refractivity contribution in [3.63, 3.8) is 0 Å². The molecule has 2 aromatic heterocycles. The molecule has 4 rings (SSSR count). The Bertz CT molecular complexity index is 815. The number of benzene rings is 1. The number of nitrogens with zero attached hydrogens (tertiary/aromatic N) is 7. The van der Waals surface area contributed by atoms with Gasteiger partial charge in [-0.05, 0) is 24.3 Å². The van der Waals surface area contributed by atoms with Crippen LogP contribution in [-0.4, -0.2) is 66.4 Å². The predicted octanol–water partition coefficient (Wildman–Crippen LogP) is 0.400. The fourth-order valence-electron chi connectivity index (χ4n) is 2.85. The van der Waals surface area contributed by atoms with Crippen LogP contribution in [0, 0.1) is 0 Å². The molecule has 0 spiro atoms. The Labute approximate surface area is 143 Å². The molecule has 25 heavy (non-hydrogen) atoms. The van der Waals surface area contributed by atoms with Crippen LogP contribution < -0.4 is 0 Å². The molecule has 0 N–H and O–H groups in total. The van der Waals surface area contributed by atoms with Crippen LogP contribution in [0.25, 0.3) is 5.69 Å². The minimum absolute atomic E-state index is 0.00203. The number of carbonyl (C=O) groups excluding carboxylic acids is 1. The molecule has 1 unspecified atom stereocenters. The molecule has 1 aliphatic rings. The molecule has 0 radical (unpaired) electrons. The van der Waals surface area contributed by atoms with Crippen LogP contribution in [0.4, 0.5) is 0 Å². The highest BCUT2D eigenvalue weighted by Gasteiger charge is 2.25. The molecule has 3 heterocycles. The monoisotopic (exact) mass is 339 g/mol. The number of morpholine rings is 1. The van der Waals surface area contributed by atoms with E-state index in [2.05, 4.69) is 20.5 Å². The molecule has 0 bridgehead atoms. The van der Waals surface area contributed by atoms with E-state index < -0.39 is 0 Å². The first kappa shape index (κ1) is 15.5. The highest BCUT2D eigenvalue weighted by atomic mass is 16.5. The van der Waals surface area contributed by atoms with Gasteiger partial charge in [-0.2, -0.15) is 0 Å². The average molecular weight is 339 g/mol. The smallest absolute Gasteiger partial charge is 0.254 e. The highest BCUT2D eigenvalue weighted by molar-refractivity contribution is 5.94. The minimum atomic E-state index is -0.0873. The van der Waals surface area contributed by atoms with E-state index in [0.29, 0.717) is 31.8 Å². The molecule has 0 saturated carbocycles. The molecule has 1 fully saturated rings. The summed E-state index contributed by atoms with van der Waals surface area (Å²) in [6, 6.07) is 7.40. The minimum Gasteiger partial charge on any atom is -0.373 e. The van der Waals surface area contributed by atoms with Crippen molar-refractivity contribution in [2.75, 3.05) is 19.7 Å². The van der Waals surface area contributed by atoms with Crippen LogP contribution in [0.3, 0.4) is 0 Å². The zero-order valence-corrected chi connectivity index (χ0v) is 13.5. The summed E-state index contributed by atoms with van der Waals surface area (Å²) in [6.45, 7) is 2.21. The molecule has 9 heteroatoms. The van der Waals surface area contributed by atoms with E-state index in [1.165, 1.54) is 0 Å². The van der Waals surface area contributed by atoms with E-state index in [1.54, 1.807) is 34.3 Å². The van der Waals surface area contributed by atoms with Gasteiger partial charge in [0.2, 0.25) is 0 Å². The summed E-state index contributed by atoms with van der Waals surface area (Å²) in [5.41, 5.74) is 1.56. The van der Waals surface area contributed by atoms with Crippen molar-refractivity contribution in [3.8, 4) is 5.69 Å². The summed E-state index contributed by atoms with van der Waals surface area (Å²) in [5.74, 6) is 0.00203. The van der Waals surface area contributed by atoms with Gasteiger partial charge in [-0.25, -0.2) is 4.68 Å². The summed E-state index contributed by atoms with van der Waals surface area (Å²) < 4.78 is 9.24. The topological polar surface area (TPSA) is 91.0 Å². The zero-order chi connectivity index (χ0) is 17.1. The summed E-state index contributed by atoms with van der Waals surface area (Å²) in [6.07, 6.45) is 6.56. The lowest BCUT2D eigenvalue weighted by Crippen LogP contribution is -2.47. The summed E-state index contributed by atoms with van der Waals surface area (Å²) in [7, 11) is 0. The van der Waals surface area contributed by atoms with Gasteiger partial charge >= 0.3 is 0 Å². The van der Waals surface area contributed by atoms with Crippen LogP contribution in [0.2, 0.25) is 0 Å². The number of hydrogen-bond acceptors (Lipinski definition) is 6. The molecule has 3 aromatic rings. The lowest BCUT2D eigenvalue weighted by Gasteiger charge is -2.33. The van der Waals surface area contributed by atoms with Gasteiger partial charge in [0.25, 0.3) is 5.91 Å². The van der Waals surface area contributed by atoms with E-state index >= 15 is 0 Å². The molecule has 1 amide bonds. The molecule has 1 aliphatic heterocycles. The lowest BCUT2D eigenvalue weighted by atomic mass is 10.1. The van der Waals surface area contributed by atoms with E-state index in [0.717, 1.165) is 5.69 Å². The summed E-state index contributed by atoms with van der Waals surface area (Å²) in [5, 5.41) is 15.3. The van der Waals surface area contributed by atoms with Gasteiger partial charge in [0.15, 0.2) is 0 Å². The SMILES string of the molecule is O=C(c1ccc(-n2cnnc2)cc1)N1CCOC(Cn2ccnn2)C1. The van der Waals surface area contributed by atoms with Crippen molar-refractivity contribution in [2.24, 2.45) is 0 Å². The Kier molecular flexibility index (Phi) is 4.21. The highest BCUT2D eigenvalue weighted by Crippen LogP contribution is 2.14. The van der Waals surface area contributed by atoms with E-state index in [9.17, 15) is 4.79 Å². The van der Waals surface area contributed by atoms with Crippen molar-refractivity contribution < 1.29 is 9.53 Å². The molecule has 0 aliphatic carbocycles. The number of rotatable bonds is 4. The third kappa shape index (κ3) is 3.41. The Balaban J connectivity index is 1.43. The molecule has 1 saturated heterocycles. The average Bonchev–Trinajstić information content (AvgIpc) is 3.35. The molecule has 1 atom stereocenters. The Morgan fingerprint density at radius 2 is 1.96 bits per heavy atom. The second-order valence-electron chi connectivity index (χ2n) is 5.79. The third-order valence-electron chi connectivity index (χ3n) is 4.12. The van der Waals surface area contributed by atoms with Gasteiger partial charge in [-0.15, -0.1) is 15.3 Å². The number of hydrogen-bond donors (Lipinski definition) is 0. The maximum absolute atomic E-state index is 12.7. The summed E-state index contributed by atoms with van der Waals surface area (Å²) in [4.78, 5) is 14.6. The molecule has 9 nitrogen and oxygen atoms in total. The molecular weight excluding hydrogens is 322 g/mol. The maximum atomic E-state index is 12.7. The van der Waals surface area contributed by atoms with Crippen molar-refractivity contribution >= 4 is 5.91 Å². The van der Waals surface area contributed by atoms with E-state index in [4.69, 9.17) is 4.74 Å². The molecule has 128 valence electrons. The van der Waals surface area contributed by atoms with Crippen LogP contribution in [0.5, 0.6) is 0 Å². The first-order chi connectivity index (χ1) is 12.3. The number of amides is 1. The van der Waals surface area contributed by atoms with Crippen LogP contribution in [0.15, 0.2) is 49.3 Å². The van der Waals surface area contributed by atoms with Crippen molar-refractivity contribution in [2.45, 2.75) is 12.6 Å². The van der Waals surface area contributed by atoms with Crippen LogP contribution in [0.1, 0.15) is 10.4 Å². The summed E-state index contributed by atoms with van der Waals surface area (Å²) >= 11 is 0. The first-order valence-electron chi connectivity index (χ1n) is 7.99. The van der Waals surface area contributed by atoms with Crippen molar-refractivity contribution in [3.05, 3.63) is 54.9 Å². The van der Waals surface area contributed by atoms with Crippen molar-refractivity contribution in [1.82, 2.24) is 34.7 Å². The predicted molar refractivity (Wildman–Crippen MR) is 87.0 cm³/mol. The Morgan fingerprint density at radius 3 is 2.68 bits per heavy atom. The third-order valence-corrected chi connectivity index (χ3v) is 4.12. The second kappa shape index (κ2) is 6.81. The largest absolute Gasteiger partial charge is 0.373 e. The number of ether oxygens (including phenoxy) is 1. The molecular formula is C16H17N7O2. The zero-order valence-electron chi connectivity index (χ0n) is 13.5. The van der Waals surface area contributed by atoms with Gasteiger partial charge in [-0.1, -0.05) is 5.21 Å². The Hall–Kier alpha value is -3.07. The van der Waals surface area contributed by atoms with Crippen LogP contribution in [-0.2, 0) is 11.3 Å². The van der Waals surface area contributed by atoms with Crippen LogP contribution >= 0.6 is 0 Å². The maximum Gasteiger partial charge on any atom is 0.254 e. The first-order valence-corrected chi connectivity index (χ1v) is 7.99. The van der Waals surface area contributed by atoms with E-state index in [1.807, 2.05) is 29.2 Å². The van der Waals surface area contributed by atoms with Gasteiger partial charge in [0, 0.05) is 30.5 Å². The van der Waals surface area contributed by atoms with Gasteiger partial charge < -0.3 is 9.64 Å². The molecule has 1 aromatic carbocycles. The van der Waals surface area contributed by atoms with Gasteiger partial charge in [0.05, 0.1) is 25.5 Å². The normalized spacial score (nSPS) is 17.6. The standard InChI is InChI=1S/C16H17N7O2/c24-16(13-1-3-14(4-2-13)22-11-18-19-12-22)21-7-8-25-15(9-21)10-23-6-5-17-20-23/h1-6,11-12,15H,7-10H2. The number of aromatic nitrogens is 6. The Morgan fingerprint density at radius 1 is 1.16 bits per heavy atom. The number of carbonyl (C=O) groups is 1. The lowest BCUT2D eigenvalue weighted by molar-refractivity contribution is -0.0301. The van der Waals surface area contributed by atoms with Gasteiger partial charge in [-0.3, -0.25) is 9.36 Å².